The molecule has 7 heteroatoms. The molecule has 0 radical (unpaired) electrons. The fourth-order valence-corrected chi connectivity index (χ4v) is 4.60. The van der Waals surface area contributed by atoms with Crippen molar-refractivity contribution in [3.63, 3.8) is 0 Å². The van der Waals surface area contributed by atoms with E-state index in [9.17, 15) is 9.90 Å². The summed E-state index contributed by atoms with van der Waals surface area (Å²) < 4.78 is 46.4. The van der Waals surface area contributed by atoms with Crippen molar-refractivity contribution in [3.05, 3.63) is 36.5 Å². The third-order valence-electron chi connectivity index (χ3n) is 6.68. The summed E-state index contributed by atoms with van der Waals surface area (Å²) in [5.41, 5.74) is 0.769. The molecule has 5 atom stereocenters. The van der Waals surface area contributed by atoms with Crippen LogP contribution in [0.15, 0.2) is 36.5 Å². The van der Waals surface area contributed by atoms with Gasteiger partial charge in [0.2, 0.25) is 0 Å². The molecule has 1 saturated heterocycles. The lowest BCUT2D eigenvalue weighted by atomic mass is 9.88. The number of aliphatic hydroxyl groups excluding tert-OH is 1. The van der Waals surface area contributed by atoms with Gasteiger partial charge in [-0.25, -0.2) is 0 Å². The number of esters is 1. The van der Waals surface area contributed by atoms with Crippen LogP contribution in [0, 0.1) is 11.8 Å². The predicted molar refractivity (Wildman–Crippen MR) is 128 cm³/mol. The second-order valence-electron chi connectivity index (χ2n) is 9.39. The molecular weight excluding hydrogens is 442 g/mol. The minimum atomic E-state index is -3.14. The number of hydrogen-bond donors (Lipinski definition) is 1. The normalized spacial score (nSPS) is 27.0. The zero-order valence-corrected chi connectivity index (χ0v) is 20.7. The van der Waals surface area contributed by atoms with Gasteiger partial charge in [-0.1, -0.05) is 50.1 Å². The predicted octanol–water partition coefficient (Wildman–Crippen LogP) is 6.12. The Labute approximate surface area is 203 Å². The molecule has 194 valence electrons. The Balaban J connectivity index is 1.99. The zero-order valence-electron chi connectivity index (χ0n) is 20.7. The van der Waals surface area contributed by atoms with Crippen molar-refractivity contribution in [2.75, 3.05) is 13.7 Å². The van der Waals surface area contributed by atoms with Crippen LogP contribution in [0.2, 0.25) is 0 Å². The highest BCUT2D eigenvalue weighted by Gasteiger charge is 2.41. The molecule has 1 N–H and O–H groups in total. The van der Waals surface area contributed by atoms with Crippen molar-refractivity contribution < 1.29 is 32.9 Å². The molecule has 1 aliphatic heterocycles. The monoisotopic (exact) mass is 484 g/mol. The van der Waals surface area contributed by atoms with Crippen molar-refractivity contribution in [3.8, 4) is 0 Å². The van der Waals surface area contributed by atoms with Crippen LogP contribution in [0.3, 0.4) is 0 Å². The van der Waals surface area contributed by atoms with Crippen LogP contribution in [-0.4, -0.2) is 49.2 Å². The Morgan fingerprint density at radius 3 is 2.79 bits per heavy atom. The number of rotatable bonds is 14. The van der Waals surface area contributed by atoms with Crippen molar-refractivity contribution in [1.82, 2.24) is 0 Å². The SMILES string of the molecule is C=C1C[C@H](O)[C@H](C/C=C\CCCC(=O)OC)[C@H]1/C=C/C(F)(F)C(CCCC)OC1CCCCO1. The Morgan fingerprint density at radius 2 is 2.12 bits per heavy atom. The van der Waals surface area contributed by atoms with E-state index in [-0.39, 0.29) is 24.2 Å². The van der Waals surface area contributed by atoms with Gasteiger partial charge in [-0.3, -0.25) is 4.79 Å². The third-order valence-corrected chi connectivity index (χ3v) is 6.68. The molecule has 2 fully saturated rings. The topological polar surface area (TPSA) is 65.0 Å². The maximum atomic E-state index is 15.2. The van der Waals surface area contributed by atoms with E-state index in [0.29, 0.717) is 45.1 Å². The number of hydrogen-bond acceptors (Lipinski definition) is 5. The van der Waals surface area contributed by atoms with Gasteiger partial charge in [-0.05, 0) is 63.4 Å². The molecule has 2 rings (SSSR count). The van der Waals surface area contributed by atoms with Gasteiger partial charge >= 0.3 is 5.97 Å². The van der Waals surface area contributed by atoms with E-state index in [1.54, 1.807) is 0 Å². The van der Waals surface area contributed by atoms with Gasteiger partial charge < -0.3 is 19.3 Å². The van der Waals surface area contributed by atoms with E-state index in [1.165, 1.54) is 13.2 Å². The summed E-state index contributed by atoms with van der Waals surface area (Å²) in [6.07, 6.45) is 10.9. The standard InChI is InChI=1S/C27H42F2O5/c1-4-5-13-24(34-26-15-10-11-18-33-26)27(28,29)17-16-21-20(2)19-23(30)22(21)12-8-6-7-9-14-25(31)32-3/h6,8,16-17,21-24,26,30H,2,4-5,7,9-15,18-19H2,1,3H3/b8-6-,17-16+/t21-,22+,23-,24?,26?/m0/s1. The largest absolute Gasteiger partial charge is 0.469 e. The number of allylic oxidation sites excluding steroid dienone is 3. The minimum absolute atomic E-state index is 0.201. The summed E-state index contributed by atoms with van der Waals surface area (Å²) in [4.78, 5) is 11.2. The molecule has 0 aromatic rings. The number of carbonyl (C=O) groups excluding carboxylic acids is 1. The fourth-order valence-electron chi connectivity index (χ4n) is 4.60. The van der Waals surface area contributed by atoms with Crippen LogP contribution in [0.25, 0.3) is 0 Å². The highest BCUT2D eigenvalue weighted by Crippen LogP contribution is 2.40. The summed E-state index contributed by atoms with van der Waals surface area (Å²) in [6.45, 7) is 6.55. The van der Waals surface area contributed by atoms with Crippen LogP contribution in [0.4, 0.5) is 8.78 Å². The van der Waals surface area contributed by atoms with Gasteiger partial charge in [0.15, 0.2) is 6.29 Å². The van der Waals surface area contributed by atoms with Crippen molar-refractivity contribution >= 4 is 5.97 Å². The van der Waals surface area contributed by atoms with Gasteiger partial charge in [0.05, 0.1) is 13.2 Å². The van der Waals surface area contributed by atoms with Crippen LogP contribution in [0.5, 0.6) is 0 Å². The van der Waals surface area contributed by atoms with Gasteiger partial charge in [0.25, 0.3) is 5.92 Å². The lowest BCUT2D eigenvalue weighted by molar-refractivity contribution is -0.229. The van der Waals surface area contributed by atoms with Gasteiger partial charge in [0.1, 0.15) is 6.10 Å². The lowest BCUT2D eigenvalue weighted by Crippen LogP contribution is -2.39. The first-order valence-corrected chi connectivity index (χ1v) is 12.7. The maximum absolute atomic E-state index is 15.2. The maximum Gasteiger partial charge on any atom is 0.305 e. The number of alkyl halides is 2. The summed E-state index contributed by atoms with van der Waals surface area (Å²) >= 11 is 0. The van der Waals surface area contributed by atoms with Crippen LogP contribution in [0.1, 0.15) is 77.6 Å². The second-order valence-corrected chi connectivity index (χ2v) is 9.39. The van der Waals surface area contributed by atoms with Crippen molar-refractivity contribution in [2.24, 2.45) is 11.8 Å². The fraction of sp³-hybridized carbons (Fsp3) is 0.741. The second kappa shape index (κ2) is 14.7. The molecule has 0 bridgehead atoms. The summed E-state index contributed by atoms with van der Waals surface area (Å²) in [5.74, 6) is -3.90. The summed E-state index contributed by atoms with van der Waals surface area (Å²) in [7, 11) is 1.37. The molecule has 0 aromatic heterocycles. The van der Waals surface area contributed by atoms with Crippen LogP contribution < -0.4 is 0 Å². The summed E-state index contributed by atoms with van der Waals surface area (Å²) in [5, 5.41) is 10.5. The molecule has 34 heavy (non-hydrogen) atoms. The number of ether oxygens (including phenoxy) is 3. The van der Waals surface area contributed by atoms with Gasteiger partial charge in [0, 0.05) is 18.9 Å². The number of methoxy groups -OCH3 is 1. The number of aliphatic hydroxyl groups is 1. The first kappa shape index (κ1) is 28.7. The molecule has 1 aliphatic carbocycles. The summed E-state index contributed by atoms with van der Waals surface area (Å²) in [6, 6.07) is 0. The quantitative estimate of drug-likeness (QED) is 0.183. The molecular formula is C27H42F2O5. The Morgan fingerprint density at radius 1 is 1.32 bits per heavy atom. The number of halogens is 2. The average molecular weight is 485 g/mol. The zero-order chi connectivity index (χ0) is 25.0. The highest BCUT2D eigenvalue weighted by atomic mass is 19.3. The van der Waals surface area contributed by atoms with Crippen molar-refractivity contribution in [1.29, 1.82) is 0 Å². The van der Waals surface area contributed by atoms with Gasteiger partial charge in [-0.15, -0.1) is 0 Å². The van der Waals surface area contributed by atoms with E-state index >= 15 is 8.78 Å². The van der Waals surface area contributed by atoms with Gasteiger partial charge in [-0.2, -0.15) is 8.78 Å². The smallest absolute Gasteiger partial charge is 0.305 e. The Bertz CT molecular complexity index is 685. The number of carbonyl (C=O) groups is 1. The first-order chi connectivity index (χ1) is 16.3. The van der Waals surface area contributed by atoms with Crippen LogP contribution in [-0.2, 0) is 19.0 Å². The number of unbranched alkanes of at least 4 members (excludes halogenated alkanes) is 2. The van der Waals surface area contributed by atoms with E-state index in [1.807, 2.05) is 19.1 Å². The van der Waals surface area contributed by atoms with Crippen LogP contribution >= 0.6 is 0 Å². The highest BCUT2D eigenvalue weighted by molar-refractivity contribution is 5.69. The van der Waals surface area contributed by atoms with E-state index in [2.05, 4.69) is 11.3 Å². The lowest BCUT2D eigenvalue weighted by Gasteiger charge is -2.31. The third kappa shape index (κ3) is 9.23. The molecule has 5 nitrogen and oxygen atoms in total. The van der Waals surface area contributed by atoms with E-state index < -0.39 is 24.4 Å². The molecule has 0 amide bonds. The Hall–Kier alpha value is -1.57. The average Bonchev–Trinajstić information content (AvgIpc) is 3.09. The molecule has 0 spiro atoms. The van der Waals surface area contributed by atoms with Crippen molar-refractivity contribution in [2.45, 2.75) is 102 Å². The first-order valence-electron chi connectivity index (χ1n) is 12.7. The molecule has 2 unspecified atom stereocenters. The molecule has 0 aromatic carbocycles. The Kier molecular flexibility index (Phi) is 12.4. The molecule has 2 aliphatic rings. The minimum Gasteiger partial charge on any atom is -0.469 e. The molecule has 1 heterocycles. The van der Waals surface area contributed by atoms with E-state index in [0.717, 1.165) is 37.3 Å². The van der Waals surface area contributed by atoms with E-state index in [4.69, 9.17) is 9.47 Å². The molecule has 1 saturated carbocycles.